The van der Waals surface area contributed by atoms with Crippen LogP contribution in [0.2, 0.25) is 6.82 Å². The van der Waals surface area contributed by atoms with Crippen LogP contribution in [0.4, 0.5) is 0 Å². The van der Waals surface area contributed by atoms with Crippen molar-refractivity contribution in [3.8, 4) is 5.88 Å². The summed E-state index contributed by atoms with van der Waals surface area (Å²) in [6.07, 6.45) is 4.43. The maximum atomic E-state index is 9.63. The van der Waals surface area contributed by atoms with Gasteiger partial charge in [0.25, 0.3) is 0 Å². The van der Waals surface area contributed by atoms with E-state index in [0.29, 0.717) is 0 Å². The van der Waals surface area contributed by atoms with E-state index < -0.39 is 0 Å². The zero-order valence-electron chi connectivity index (χ0n) is 11.1. The molecule has 18 heavy (non-hydrogen) atoms. The predicted molar refractivity (Wildman–Crippen MR) is 69.8 cm³/mol. The van der Waals surface area contributed by atoms with E-state index in [1.165, 1.54) is 17.7 Å². The lowest BCUT2D eigenvalue weighted by Crippen LogP contribution is -2.47. The first-order valence-corrected chi connectivity index (χ1v) is 6.70. The van der Waals surface area contributed by atoms with Crippen LogP contribution in [0.5, 0.6) is 5.88 Å². The topological polar surface area (TPSA) is 61.4 Å². The first-order chi connectivity index (χ1) is 8.66. The Labute approximate surface area is 108 Å². The molecule has 0 bridgehead atoms. The smallest absolute Gasteiger partial charge is 0.376 e. The number of methoxy groups -OCH3 is 1. The molecule has 1 aromatic heterocycles. The van der Waals surface area contributed by atoms with Gasteiger partial charge in [-0.15, -0.1) is 5.10 Å². The fraction of sp³-hybridized carbons (Fsp3) is 0.750. The van der Waals surface area contributed by atoms with Crippen molar-refractivity contribution in [2.24, 2.45) is 0 Å². The van der Waals surface area contributed by atoms with E-state index in [4.69, 9.17) is 4.74 Å². The number of hydrogen-bond acceptors (Lipinski definition) is 4. The minimum atomic E-state index is -0.334. The average Bonchev–Trinajstić information content (AvgIpc) is 2.92. The average molecular weight is 249 g/mol. The zero-order valence-corrected chi connectivity index (χ0v) is 11.1. The molecule has 0 aromatic carbocycles. The third kappa shape index (κ3) is 1.67. The summed E-state index contributed by atoms with van der Waals surface area (Å²) < 4.78 is 5.30. The number of rotatable bonds is 2. The normalized spacial score (nSPS) is 22.2. The molecule has 98 valence electrons. The molecule has 3 rings (SSSR count). The van der Waals surface area contributed by atoms with E-state index in [1.54, 1.807) is 7.11 Å². The standard InChI is InChI=1S/C12H20BN3O2/c1-13(17)16-7-5-12(6-8-16)4-3-9-10(12)14-15-11(9)18-2/h17H,3-8H2,1-2H3,(H,14,15). The molecule has 1 aromatic rings. The number of aromatic nitrogens is 2. The number of nitrogens with one attached hydrogen (secondary N) is 1. The van der Waals surface area contributed by atoms with E-state index in [-0.39, 0.29) is 12.5 Å². The molecule has 1 fully saturated rings. The van der Waals surface area contributed by atoms with Gasteiger partial charge in [0.2, 0.25) is 5.88 Å². The maximum absolute atomic E-state index is 9.63. The van der Waals surface area contributed by atoms with Gasteiger partial charge in [0.15, 0.2) is 0 Å². The van der Waals surface area contributed by atoms with Crippen molar-refractivity contribution in [3.05, 3.63) is 11.3 Å². The van der Waals surface area contributed by atoms with Gasteiger partial charge < -0.3 is 14.6 Å². The van der Waals surface area contributed by atoms with Crippen molar-refractivity contribution in [2.75, 3.05) is 20.2 Å². The van der Waals surface area contributed by atoms with Crippen LogP contribution in [0.25, 0.3) is 0 Å². The number of H-pyrrole nitrogens is 1. The van der Waals surface area contributed by atoms with E-state index in [1.807, 2.05) is 6.82 Å². The number of piperidine rings is 1. The van der Waals surface area contributed by atoms with Gasteiger partial charge in [-0.2, -0.15) is 0 Å². The van der Waals surface area contributed by atoms with Crippen molar-refractivity contribution in [1.29, 1.82) is 0 Å². The number of fused-ring (bicyclic) bond motifs is 2. The molecule has 0 unspecified atom stereocenters. The summed E-state index contributed by atoms with van der Waals surface area (Å²) >= 11 is 0. The van der Waals surface area contributed by atoms with Crippen molar-refractivity contribution in [3.63, 3.8) is 0 Å². The second kappa shape index (κ2) is 4.28. The van der Waals surface area contributed by atoms with Crippen LogP contribution >= 0.6 is 0 Å². The second-order valence-electron chi connectivity index (χ2n) is 5.53. The number of ether oxygens (including phenoxy) is 1. The van der Waals surface area contributed by atoms with Crippen molar-refractivity contribution < 1.29 is 9.76 Å². The lowest BCUT2D eigenvalue weighted by molar-refractivity contribution is 0.210. The number of nitrogens with zero attached hydrogens (tertiary/aromatic N) is 2. The van der Waals surface area contributed by atoms with E-state index in [0.717, 1.165) is 38.2 Å². The first-order valence-electron chi connectivity index (χ1n) is 6.70. The Morgan fingerprint density at radius 3 is 2.72 bits per heavy atom. The molecular weight excluding hydrogens is 229 g/mol. The summed E-state index contributed by atoms with van der Waals surface area (Å²) in [6.45, 7) is 3.76. The Kier molecular flexibility index (Phi) is 2.86. The van der Waals surface area contributed by atoms with Crippen LogP contribution in [-0.2, 0) is 11.8 Å². The second-order valence-corrected chi connectivity index (χ2v) is 5.53. The third-order valence-corrected chi connectivity index (χ3v) is 4.69. The van der Waals surface area contributed by atoms with Crippen LogP contribution < -0.4 is 4.74 Å². The molecule has 2 N–H and O–H groups in total. The van der Waals surface area contributed by atoms with Crippen molar-refractivity contribution in [2.45, 2.75) is 37.9 Å². The zero-order chi connectivity index (χ0) is 12.8. The van der Waals surface area contributed by atoms with Gasteiger partial charge in [-0.05, 0) is 45.6 Å². The van der Waals surface area contributed by atoms with Crippen LogP contribution in [-0.4, -0.2) is 47.3 Å². The highest BCUT2D eigenvalue weighted by molar-refractivity contribution is 6.45. The number of hydrogen-bond donors (Lipinski definition) is 2. The minimum Gasteiger partial charge on any atom is -0.480 e. The van der Waals surface area contributed by atoms with E-state index in [2.05, 4.69) is 15.0 Å². The molecule has 2 heterocycles. The van der Waals surface area contributed by atoms with Gasteiger partial charge in [0, 0.05) is 16.7 Å². The summed E-state index contributed by atoms with van der Waals surface area (Å²) in [4.78, 5) is 2.14. The fourth-order valence-corrected chi connectivity index (χ4v) is 3.50. The lowest BCUT2D eigenvalue weighted by atomic mass is 9.72. The Morgan fingerprint density at radius 2 is 2.11 bits per heavy atom. The Hall–Kier alpha value is -1.01. The molecule has 6 heteroatoms. The molecule has 0 saturated carbocycles. The van der Waals surface area contributed by atoms with Gasteiger partial charge in [-0.1, -0.05) is 0 Å². The van der Waals surface area contributed by atoms with Gasteiger partial charge >= 0.3 is 7.05 Å². The van der Waals surface area contributed by atoms with Crippen LogP contribution in [0.15, 0.2) is 0 Å². The largest absolute Gasteiger partial charge is 0.480 e. The summed E-state index contributed by atoms with van der Waals surface area (Å²) in [5, 5.41) is 17.1. The molecule has 1 spiro atoms. The Balaban J connectivity index is 1.82. The summed E-state index contributed by atoms with van der Waals surface area (Å²) in [7, 11) is 1.34. The highest BCUT2D eigenvalue weighted by atomic mass is 16.5. The molecule has 0 atom stereocenters. The highest BCUT2D eigenvalue weighted by Crippen LogP contribution is 2.47. The minimum absolute atomic E-state index is 0.241. The first kappa shape index (κ1) is 12.1. The Morgan fingerprint density at radius 1 is 1.39 bits per heavy atom. The summed E-state index contributed by atoms with van der Waals surface area (Å²) in [6, 6.07) is 0. The molecule has 0 radical (unpaired) electrons. The SMILES string of the molecule is COc1n[nH]c2c1CCC21CCN(B(C)O)CC1. The van der Waals surface area contributed by atoms with Crippen molar-refractivity contribution >= 4 is 7.05 Å². The lowest BCUT2D eigenvalue weighted by Gasteiger charge is -2.39. The van der Waals surface area contributed by atoms with Crippen LogP contribution in [0, 0.1) is 0 Å². The molecule has 2 aliphatic rings. The molecular formula is C12H20BN3O2. The molecule has 0 amide bonds. The maximum Gasteiger partial charge on any atom is 0.376 e. The summed E-state index contributed by atoms with van der Waals surface area (Å²) in [5.41, 5.74) is 2.79. The van der Waals surface area contributed by atoms with Gasteiger partial charge in [-0.3, -0.25) is 5.10 Å². The van der Waals surface area contributed by atoms with Gasteiger partial charge in [0.05, 0.1) is 7.11 Å². The van der Waals surface area contributed by atoms with Crippen LogP contribution in [0.3, 0.4) is 0 Å². The fourth-order valence-electron chi connectivity index (χ4n) is 3.50. The molecule has 1 aliphatic carbocycles. The molecule has 5 nitrogen and oxygen atoms in total. The molecule has 1 saturated heterocycles. The van der Waals surface area contributed by atoms with Gasteiger partial charge in [0.1, 0.15) is 0 Å². The predicted octanol–water partition coefficient (Wildman–Crippen LogP) is 0.808. The monoisotopic (exact) mass is 249 g/mol. The Bertz CT molecular complexity index is 439. The van der Waals surface area contributed by atoms with Crippen molar-refractivity contribution in [1.82, 2.24) is 15.0 Å². The molecule has 1 aliphatic heterocycles. The highest BCUT2D eigenvalue weighted by Gasteiger charge is 2.44. The van der Waals surface area contributed by atoms with E-state index >= 15 is 0 Å². The third-order valence-electron chi connectivity index (χ3n) is 4.69. The summed E-state index contributed by atoms with van der Waals surface area (Å²) in [5.74, 6) is 0.764. The quantitative estimate of drug-likeness (QED) is 0.761. The van der Waals surface area contributed by atoms with Gasteiger partial charge in [-0.25, -0.2) is 0 Å². The number of aromatic amines is 1. The van der Waals surface area contributed by atoms with E-state index in [9.17, 15) is 5.02 Å². The van der Waals surface area contributed by atoms with Crippen LogP contribution in [0.1, 0.15) is 30.5 Å².